The van der Waals surface area contributed by atoms with Gasteiger partial charge in [-0.2, -0.15) is 0 Å². The Balaban J connectivity index is 0.000000583. The summed E-state index contributed by atoms with van der Waals surface area (Å²) in [6.07, 6.45) is 1.25. The van der Waals surface area contributed by atoms with Crippen LogP contribution in [0.3, 0.4) is 0 Å². The standard InChI is InChI=1S/C11H14O.C3H8/c1-9(12)11(2,3)10-7-5-4-6-8-10;1-3-2/h4-8H,1-3H3;3H2,1-2H3. The Morgan fingerprint density at radius 1 is 1.13 bits per heavy atom. The Labute approximate surface area is 93.5 Å². The Morgan fingerprint density at radius 3 is 1.87 bits per heavy atom. The molecule has 0 atom stereocenters. The Bertz CT molecular complexity index is 285. The third kappa shape index (κ3) is 4.28. The zero-order valence-corrected chi connectivity index (χ0v) is 10.5. The van der Waals surface area contributed by atoms with Gasteiger partial charge in [-0.3, -0.25) is 4.79 Å². The maximum absolute atomic E-state index is 11.3. The molecule has 0 fully saturated rings. The average molecular weight is 206 g/mol. The number of Topliss-reactive ketones (excluding diaryl/α,β-unsaturated/α-hetero) is 1. The van der Waals surface area contributed by atoms with Gasteiger partial charge in [0.2, 0.25) is 0 Å². The minimum absolute atomic E-state index is 0.203. The van der Waals surface area contributed by atoms with Gasteiger partial charge < -0.3 is 0 Å². The summed E-state index contributed by atoms with van der Waals surface area (Å²) in [5.41, 5.74) is 0.735. The monoisotopic (exact) mass is 206 g/mol. The van der Waals surface area contributed by atoms with Gasteiger partial charge in [0, 0.05) is 5.41 Å². The van der Waals surface area contributed by atoms with Gasteiger partial charge in [0.1, 0.15) is 5.78 Å². The summed E-state index contributed by atoms with van der Waals surface area (Å²) in [7, 11) is 0. The van der Waals surface area contributed by atoms with Crippen molar-refractivity contribution in [2.45, 2.75) is 46.5 Å². The summed E-state index contributed by atoms with van der Waals surface area (Å²) in [6, 6.07) is 9.85. The van der Waals surface area contributed by atoms with E-state index in [0.717, 1.165) is 5.56 Å². The summed E-state index contributed by atoms with van der Waals surface area (Å²) in [6.45, 7) is 9.78. The topological polar surface area (TPSA) is 17.1 Å². The number of ketones is 1. The molecule has 0 N–H and O–H groups in total. The van der Waals surface area contributed by atoms with Gasteiger partial charge in [0.15, 0.2) is 0 Å². The van der Waals surface area contributed by atoms with Crippen molar-refractivity contribution in [2.24, 2.45) is 0 Å². The van der Waals surface area contributed by atoms with Crippen LogP contribution < -0.4 is 0 Å². The molecule has 84 valence electrons. The molecule has 1 rings (SSSR count). The van der Waals surface area contributed by atoms with Crippen molar-refractivity contribution in [3.63, 3.8) is 0 Å². The van der Waals surface area contributed by atoms with Crippen LogP contribution >= 0.6 is 0 Å². The van der Waals surface area contributed by atoms with Crippen LogP contribution in [0, 0.1) is 0 Å². The fourth-order valence-electron chi connectivity index (χ4n) is 1.06. The smallest absolute Gasteiger partial charge is 0.139 e. The predicted molar refractivity (Wildman–Crippen MR) is 66.1 cm³/mol. The minimum Gasteiger partial charge on any atom is -0.299 e. The first kappa shape index (κ1) is 13.9. The first-order valence-electron chi connectivity index (χ1n) is 5.53. The second-order valence-corrected chi connectivity index (χ2v) is 4.25. The van der Waals surface area contributed by atoms with E-state index in [-0.39, 0.29) is 11.2 Å². The Kier molecular flexibility index (Phi) is 5.92. The maximum atomic E-state index is 11.3. The largest absolute Gasteiger partial charge is 0.299 e. The van der Waals surface area contributed by atoms with Crippen LogP contribution in [0.25, 0.3) is 0 Å². The fraction of sp³-hybridized carbons (Fsp3) is 0.500. The third-order valence-corrected chi connectivity index (χ3v) is 2.38. The van der Waals surface area contributed by atoms with Crippen molar-refractivity contribution >= 4 is 5.78 Å². The van der Waals surface area contributed by atoms with Crippen LogP contribution in [-0.2, 0) is 10.2 Å². The number of carbonyl (C=O) groups excluding carboxylic acids is 1. The van der Waals surface area contributed by atoms with Crippen molar-refractivity contribution in [3.05, 3.63) is 35.9 Å². The molecule has 0 saturated carbocycles. The van der Waals surface area contributed by atoms with E-state index in [2.05, 4.69) is 13.8 Å². The second kappa shape index (κ2) is 6.39. The molecule has 0 saturated heterocycles. The van der Waals surface area contributed by atoms with E-state index in [1.165, 1.54) is 6.42 Å². The molecule has 0 bridgehead atoms. The van der Waals surface area contributed by atoms with E-state index in [1.54, 1.807) is 6.92 Å². The summed E-state index contributed by atoms with van der Waals surface area (Å²) >= 11 is 0. The van der Waals surface area contributed by atoms with Gasteiger partial charge in [-0.1, -0.05) is 50.6 Å². The zero-order chi connectivity index (χ0) is 11.9. The van der Waals surface area contributed by atoms with Gasteiger partial charge in [-0.15, -0.1) is 0 Å². The van der Waals surface area contributed by atoms with Crippen molar-refractivity contribution in [3.8, 4) is 0 Å². The summed E-state index contributed by atoms with van der Waals surface area (Å²) in [4.78, 5) is 11.3. The molecular weight excluding hydrogens is 184 g/mol. The predicted octanol–water partition coefficient (Wildman–Crippen LogP) is 3.97. The van der Waals surface area contributed by atoms with Crippen molar-refractivity contribution < 1.29 is 4.79 Å². The van der Waals surface area contributed by atoms with Crippen molar-refractivity contribution in [1.82, 2.24) is 0 Å². The molecule has 0 aliphatic rings. The van der Waals surface area contributed by atoms with E-state index in [9.17, 15) is 4.79 Å². The summed E-state index contributed by atoms with van der Waals surface area (Å²) in [5.74, 6) is 0.203. The van der Waals surface area contributed by atoms with Crippen molar-refractivity contribution in [1.29, 1.82) is 0 Å². The van der Waals surface area contributed by atoms with E-state index >= 15 is 0 Å². The molecule has 1 aromatic rings. The maximum Gasteiger partial charge on any atom is 0.139 e. The number of hydrogen-bond acceptors (Lipinski definition) is 1. The average Bonchev–Trinajstić information content (AvgIpc) is 2.20. The molecule has 0 aliphatic heterocycles. The second-order valence-electron chi connectivity index (χ2n) is 4.25. The molecule has 0 spiro atoms. The molecule has 1 nitrogen and oxygen atoms in total. The molecule has 0 aliphatic carbocycles. The SMILES string of the molecule is CC(=O)C(C)(C)c1ccccc1.CCC. The lowest BCUT2D eigenvalue weighted by Gasteiger charge is -2.21. The third-order valence-electron chi connectivity index (χ3n) is 2.38. The molecular formula is C14H22O. The van der Waals surface area contributed by atoms with Gasteiger partial charge >= 0.3 is 0 Å². The fourth-order valence-corrected chi connectivity index (χ4v) is 1.06. The van der Waals surface area contributed by atoms with Gasteiger partial charge in [0.05, 0.1) is 0 Å². The van der Waals surface area contributed by atoms with Crippen LogP contribution in [0.2, 0.25) is 0 Å². The van der Waals surface area contributed by atoms with Crippen LogP contribution in [-0.4, -0.2) is 5.78 Å². The highest BCUT2D eigenvalue weighted by molar-refractivity contribution is 5.86. The molecule has 0 amide bonds. The number of benzene rings is 1. The first-order chi connectivity index (χ1) is 6.96. The van der Waals surface area contributed by atoms with Crippen molar-refractivity contribution in [2.75, 3.05) is 0 Å². The minimum atomic E-state index is -0.346. The highest BCUT2D eigenvalue weighted by Gasteiger charge is 2.25. The van der Waals surface area contributed by atoms with Gasteiger partial charge in [-0.25, -0.2) is 0 Å². The molecule has 1 aromatic carbocycles. The normalized spacial score (nSPS) is 10.2. The number of hydrogen-bond donors (Lipinski definition) is 0. The number of carbonyl (C=O) groups is 1. The molecule has 0 heterocycles. The summed E-state index contributed by atoms with van der Waals surface area (Å²) in [5, 5.41) is 0. The Morgan fingerprint density at radius 2 is 1.53 bits per heavy atom. The molecule has 1 heteroatoms. The van der Waals surface area contributed by atoms with E-state index in [0.29, 0.717) is 0 Å². The Hall–Kier alpha value is -1.11. The van der Waals surface area contributed by atoms with Crippen LogP contribution in [0.15, 0.2) is 30.3 Å². The molecule has 15 heavy (non-hydrogen) atoms. The van der Waals surface area contributed by atoms with Crippen LogP contribution in [0.5, 0.6) is 0 Å². The van der Waals surface area contributed by atoms with E-state index in [4.69, 9.17) is 0 Å². The zero-order valence-electron chi connectivity index (χ0n) is 10.5. The van der Waals surface area contributed by atoms with E-state index < -0.39 is 0 Å². The number of rotatable bonds is 2. The quantitative estimate of drug-likeness (QED) is 0.715. The van der Waals surface area contributed by atoms with E-state index in [1.807, 2.05) is 44.2 Å². The van der Waals surface area contributed by atoms with Gasteiger partial charge in [0.25, 0.3) is 0 Å². The lowest BCUT2D eigenvalue weighted by Crippen LogP contribution is -2.26. The van der Waals surface area contributed by atoms with Gasteiger partial charge in [-0.05, 0) is 26.3 Å². The van der Waals surface area contributed by atoms with Crippen LogP contribution in [0.1, 0.15) is 46.6 Å². The highest BCUT2D eigenvalue weighted by Crippen LogP contribution is 2.23. The molecule has 0 unspecified atom stereocenters. The first-order valence-corrected chi connectivity index (χ1v) is 5.53. The lowest BCUT2D eigenvalue weighted by atomic mass is 9.81. The molecule has 0 aromatic heterocycles. The highest BCUT2D eigenvalue weighted by atomic mass is 16.1. The summed E-state index contributed by atoms with van der Waals surface area (Å²) < 4.78 is 0. The lowest BCUT2D eigenvalue weighted by molar-refractivity contribution is -0.121. The van der Waals surface area contributed by atoms with Crippen LogP contribution in [0.4, 0.5) is 0 Å². The molecule has 0 radical (unpaired) electrons.